The van der Waals surface area contributed by atoms with Crippen LogP contribution in [0.2, 0.25) is 0 Å². The summed E-state index contributed by atoms with van der Waals surface area (Å²) in [5.41, 5.74) is 3.64. The lowest BCUT2D eigenvalue weighted by Crippen LogP contribution is -2.37. The molecule has 8 nitrogen and oxygen atoms in total. The van der Waals surface area contributed by atoms with Crippen molar-refractivity contribution in [3.63, 3.8) is 0 Å². The molecule has 0 saturated heterocycles. The van der Waals surface area contributed by atoms with Gasteiger partial charge in [0.25, 0.3) is 5.91 Å². The monoisotopic (exact) mass is 502 g/mol. The van der Waals surface area contributed by atoms with Crippen molar-refractivity contribution in [1.29, 1.82) is 0 Å². The van der Waals surface area contributed by atoms with Crippen LogP contribution in [0.5, 0.6) is 0 Å². The highest BCUT2D eigenvalue weighted by Gasteiger charge is 2.27. The molecule has 8 heteroatoms. The Morgan fingerprint density at radius 1 is 1.19 bits per heavy atom. The van der Waals surface area contributed by atoms with Gasteiger partial charge in [0.1, 0.15) is 0 Å². The van der Waals surface area contributed by atoms with Crippen LogP contribution in [0, 0.1) is 5.41 Å². The van der Waals surface area contributed by atoms with E-state index >= 15 is 0 Å². The normalized spacial score (nSPS) is 18.8. The van der Waals surface area contributed by atoms with Crippen molar-refractivity contribution in [2.24, 2.45) is 5.41 Å². The molecular formula is C29H38N6O2. The van der Waals surface area contributed by atoms with Gasteiger partial charge in [-0.05, 0) is 73.9 Å². The molecule has 1 fully saturated rings. The molecule has 1 aliphatic carbocycles. The van der Waals surface area contributed by atoms with Crippen LogP contribution in [0.1, 0.15) is 75.3 Å². The molecule has 1 atom stereocenters. The number of imidazole rings is 1. The third-order valence-corrected chi connectivity index (χ3v) is 7.41. The van der Waals surface area contributed by atoms with Gasteiger partial charge in [-0.15, -0.1) is 0 Å². The average Bonchev–Trinajstić information content (AvgIpc) is 3.24. The van der Waals surface area contributed by atoms with E-state index < -0.39 is 0 Å². The summed E-state index contributed by atoms with van der Waals surface area (Å²) in [5.74, 6) is 0.163. The van der Waals surface area contributed by atoms with Gasteiger partial charge in [0.15, 0.2) is 0 Å². The van der Waals surface area contributed by atoms with Crippen molar-refractivity contribution < 1.29 is 9.59 Å². The molecule has 0 spiro atoms. The van der Waals surface area contributed by atoms with Crippen LogP contribution in [0.25, 0.3) is 11.0 Å². The summed E-state index contributed by atoms with van der Waals surface area (Å²) < 4.78 is 2.16. The summed E-state index contributed by atoms with van der Waals surface area (Å²) >= 11 is 0. The van der Waals surface area contributed by atoms with Gasteiger partial charge in [-0.1, -0.05) is 33.4 Å². The quantitative estimate of drug-likeness (QED) is 0.377. The second-order valence-electron chi connectivity index (χ2n) is 11.0. The van der Waals surface area contributed by atoms with Gasteiger partial charge in [-0.3, -0.25) is 19.9 Å². The summed E-state index contributed by atoms with van der Waals surface area (Å²) in [6, 6.07) is 10.5. The van der Waals surface area contributed by atoms with Gasteiger partial charge in [-0.2, -0.15) is 0 Å². The van der Waals surface area contributed by atoms with Crippen LogP contribution in [-0.2, 0) is 11.3 Å². The fraction of sp³-hybridized carbons (Fsp3) is 0.448. The number of hydrogen-bond donors (Lipinski definition) is 3. The number of hydrogen-bond acceptors (Lipinski definition) is 5. The zero-order valence-corrected chi connectivity index (χ0v) is 22.3. The minimum atomic E-state index is -0.238. The highest BCUT2D eigenvalue weighted by atomic mass is 16.2. The number of carbonyl (C=O) groups excluding carboxylic acids is 2. The largest absolute Gasteiger partial charge is 0.350 e. The minimum absolute atomic E-state index is 0.132. The van der Waals surface area contributed by atoms with Crippen LogP contribution < -0.4 is 16.0 Å². The molecule has 0 unspecified atom stereocenters. The SMILES string of the molecule is C=CC(=O)N[C@H]1CC[C@@H](n2c(NC(=O)c3cccnc3)nc3cc(CN[C@@H](C)C(C)(C)C)ccc32)CC1. The number of amides is 2. The number of nitrogens with one attached hydrogen (secondary N) is 3. The van der Waals surface area contributed by atoms with Gasteiger partial charge < -0.3 is 15.2 Å². The number of nitrogens with zero attached hydrogens (tertiary/aromatic N) is 3. The van der Waals surface area contributed by atoms with E-state index in [2.05, 4.69) is 78.0 Å². The first-order valence-electron chi connectivity index (χ1n) is 13.0. The second kappa shape index (κ2) is 11.3. The Morgan fingerprint density at radius 3 is 2.59 bits per heavy atom. The topological polar surface area (TPSA) is 101 Å². The number of pyridine rings is 1. The van der Waals surface area contributed by atoms with Gasteiger partial charge in [0.2, 0.25) is 11.9 Å². The molecule has 196 valence electrons. The van der Waals surface area contributed by atoms with E-state index in [1.165, 1.54) is 6.08 Å². The van der Waals surface area contributed by atoms with Gasteiger partial charge in [0.05, 0.1) is 16.6 Å². The van der Waals surface area contributed by atoms with Crippen molar-refractivity contribution in [3.8, 4) is 0 Å². The molecule has 3 N–H and O–H groups in total. The molecule has 37 heavy (non-hydrogen) atoms. The van der Waals surface area contributed by atoms with E-state index in [0.717, 1.165) is 48.8 Å². The molecule has 3 aromatic rings. The summed E-state index contributed by atoms with van der Waals surface area (Å²) in [6.45, 7) is 13.2. The minimum Gasteiger partial charge on any atom is -0.350 e. The van der Waals surface area contributed by atoms with Crippen molar-refractivity contribution in [2.75, 3.05) is 5.32 Å². The molecule has 0 aliphatic heterocycles. The third-order valence-electron chi connectivity index (χ3n) is 7.41. The lowest BCUT2D eigenvalue weighted by atomic mass is 9.88. The first-order valence-corrected chi connectivity index (χ1v) is 13.0. The van der Waals surface area contributed by atoms with E-state index in [4.69, 9.17) is 4.98 Å². The summed E-state index contributed by atoms with van der Waals surface area (Å²) in [4.78, 5) is 33.7. The molecule has 2 heterocycles. The third kappa shape index (κ3) is 6.43. The van der Waals surface area contributed by atoms with Crippen molar-refractivity contribution in [2.45, 2.75) is 78.0 Å². The zero-order valence-electron chi connectivity index (χ0n) is 22.3. The predicted octanol–water partition coefficient (Wildman–Crippen LogP) is 4.99. The highest BCUT2D eigenvalue weighted by Crippen LogP contribution is 2.35. The predicted molar refractivity (Wildman–Crippen MR) is 147 cm³/mol. The Bertz CT molecular complexity index is 1250. The van der Waals surface area contributed by atoms with Crippen LogP contribution >= 0.6 is 0 Å². The molecule has 1 aliphatic rings. The lowest BCUT2D eigenvalue weighted by molar-refractivity contribution is -0.117. The van der Waals surface area contributed by atoms with E-state index in [1.54, 1.807) is 24.5 Å². The number of carbonyl (C=O) groups is 2. The molecule has 0 bridgehead atoms. The van der Waals surface area contributed by atoms with Crippen LogP contribution in [0.3, 0.4) is 0 Å². The molecule has 2 amide bonds. The van der Waals surface area contributed by atoms with Crippen LogP contribution in [0.4, 0.5) is 5.95 Å². The Balaban J connectivity index is 1.60. The van der Waals surface area contributed by atoms with E-state index in [-0.39, 0.29) is 29.3 Å². The van der Waals surface area contributed by atoms with Gasteiger partial charge >= 0.3 is 0 Å². The maximum Gasteiger partial charge on any atom is 0.259 e. The molecular weight excluding hydrogens is 464 g/mol. The molecule has 4 rings (SSSR count). The first kappa shape index (κ1) is 26.5. The van der Waals surface area contributed by atoms with E-state index in [1.807, 2.05) is 0 Å². The Kier molecular flexibility index (Phi) is 8.07. The van der Waals surface area contributed by atoms with Crippen molar-refractivity contribution >= 4 is 28.8 Å². The fourth-order valence-electron chi connectivity index (χ4n) is 4.70. The fourth-order valence-corrected chi connectivity index (χ4v) is 4.70. The maximum atomic E-state index is 13.0. The number of anilines is 1. The van der Waals surface area contributed by atoms with Crippen LogP contribution in [0.15, 0.2) is 55.4 Å². The Morgan fingerprint density at radius 2 is 1.95 bits per heavy atom. The van der Waals surface area contributed by atoms with Crippen LogP contribution in [-0.4, -0.2) is 38.4 Å². The number of benzene rings is 1. The van der Waals surface area contributed by atoms with Gasteiger partial charge in [-0.25, -0.2) is 4.98 Å². The maximum absolute atomic E-state index is 13.0. The summed E-state index contributed by atoms with van der Waals surface area (Å²) in [6.07, 6.45) is 7.96. The molecule has 0 radical (unpaired) electrons. The standard InChI is InChI=1S/C29H38N6O2/c1-6-26(36)32-22-10-12-23(13-11-22)35-25-14-9-20(17-31-19(2)29(3,4)5)16-24(25)33-28(35)34-27(37)21-8-7-15-30-18-21/h6-9,14-16,18-19,22-23,31H,1,10-13,17H2,2-5H3,(H,32,36)(H,33,34,37)/t19-,22-,23+/m0/s1. The second-order valence-corrected chi connectivity index (χ2v) is 11.0. The smallest absolute Gasteiger partial charge is 0.259 e. The average molecular weight is 503 g/mol. The summed E-state index contributed by atoms with van der Waals surface area (Å²) in [7, 11) is 0. The Hall–Kier alpha value is -3.52. The van der Waals surface area contributed by atoms with Crippen molar-refractivity contribution in [3.05, 3.63) is 66.5 Å². The number of aromatic nitrogens is 3. The lowest BCUT2D eigenvalue weighted by Gasteiger charge is -2.31. The van der Waals surface area contributed by atoms with E-state index in [0.29, 0.717) is 17.6 Å². The Labute approximate surface area is 219 Å². The molecule has 1 aromatic carbocycles. The van der Waals surface area contributed by atoms with E-state index in [9.17, 15) is 9.59 Å². The van der Waals surface area contributed by atoms with Crippen molar-refractivity contribution in [1.82, 2.24) is 25.2 Å². The molecule has 1 saturated carbocycles. The highest BCUT2D eigenvalue weighted by molar-refractivity contribution is 6.04. The van der Waals surface area contributed by atoms with Gasteiger partial charge in [0, 0.05) is 37.1 Å². The summed E-state index contributed by atoms with van der Waals surface area (Å²) in [5, 5.41) is 9.66. The number of fused-ring (bicyclic) bond motifs is 1. The zero-order chi connectivity index (χ0) is 26.6. The molecule has 2 aromatic heterocycles. The number of rotatable bonds is 8. The first-order chi connectivity index (χ1) is 17.7.